The van der Waals surface area contributed by atoms with E-state index in [2.05, 4.69) is 12.6 Å². The Kier molecular flexibility index (Phi) is 3.80. The van der Waals surface area contributed by atoms with Crippen molar-refractivity contribution >= 4 is 24.4 Å². The fraction of sp³-hybridized carbons (Fsp3) is 0.778. The second-order valence-corrected chi connectivity index (χ2v) is 4.40. The van der Waals surface area contributed by atoms with Gasteiger partial charge in [-0.2, -0.15) is 12.6 Å². The molecule has 4 nitrogen and oxygen atoms in total. The summed E-state index contributed by atoms with van der Waals surface area (Å²) in [6.07, 6.45) is 2.58. The van der Waals surface area contributed by atoms with Gasteiger partial charge in [0, 0.05) is 6.54 Å². The molecule has 80 valence electrons. The molecule has 5 heteroatoms. The summed E-state index contributed by atoms with van der Waals surface area (Å²) in [5, 5.41) is -0.366. The smallest absolute Gasteiger partial charge is 0.240 e. The second kappa shape index (κ2) is 4.68. The van der Waals surface area contributed by atoms with Gasteiger partial charge in [-0.1, -0.05) is 0 Å². The van der Waals surface area contributed by atoms with Crippen LogP contribution in [0.2, 0.25) is 0 Å². The highest BCUT2D eigenvalue weighted by Gasteiger charge is 2.31. The molecule has 2 N–H and O–H groups in total. The zero-order chi connectivity index (χ0) is 10.7. The first-order valence-corrected chi connectivity index (χ1v) is 5.33. The number of rotatable bonds is 2. The highest BCUT2D eigenvalue weighted by atomic mass is 32.1. The summed E-state index contributed by atoms with van der Waals surface area (Å²) < 4.78 is 0. The number of amides is 2. The number of hydrogen-bond donors (Lipinski definition) is 2. The molecule has 2 amide bonds. The fourth-order valence-electron chi connectivity index (χ4n) is 1.73. The second-order valence-electron chi connectivity index (χ2n) is 3.62. The molecule has 1 aliphatic rings. The Bertz CT molecular complexity index is 243. The van der Waals surface area contributed by atoms with Crippen molar-refractivity contribution in [2.45, 2.75) is 37.5 Å². The third kappa shape index (κ3) is 2.41. The number of carbonyl (C=O) groups excluding carboxylic acids is 2. The average molecular weight is 216 g/mol. The molecule has 0 aromatic carbocycles. The van der Waals surface area contributed by atoms with E-state index in [1.54, 1.807) is 11.8 Å². The standard InChI is InChI=1S/C9H16N2O2S/c1-6(14)9(13)11-5-3-2-4-7(11)8(10)12/h6-7,14H,2-5H2,1H3,(H2,10,12). The van der Waals surface area contributed by atoms with Crippen molar-refractivity contribution in [2.24, 2.45) is 5.73 Å². The Labute approximate surface area is 89.2 Å². The number of thiol groups is 1. The summed E-state index contributed by atoms with van der Waals surface area (Å²) in [5.74, 6) is -0.510. The predicted octanol–water partition coefficient (Wildman–Crippen LogP) is 0.171. The van der Waals surface area contributed by atoms with E-state index in [0.717, 1.165) is 12.8 Å². The van der Waals surface area contributed by atoms with Crippen LogP contribution in [0.25, 0.3) is 0 Å². The predicted molar refractivity (Wildman–Crippen MR) is 57.0 cm³/mol. The van der Waals surface area contributed by atoms with Gasteiger partial charge in [0.15, 0.2) is 0 Å². The van der Waals surface area contributed by atoms with Crippen LogP contribution in [-0.4, -0.2) is 34.6 Å². The topological polar surface area (TPSA) is 63.4 Å². The number of carbonyl (C=O) groups is 2. The van der Waals surface area contributed by atoms with Crippen LogP contribution in [0.15, 0.2) is 0 Å². The van der Waals surface area contributed by atoms with E-state index in [1.165, 1.54) is 0 Å². The number of hydrogen-bond acceptors (Lipinski definition) is 3. The van der Waals surface area contributed by atoms with Crippen molar-refractivity contribution in [2.75, 3.05) is 6.54 Å². The van der Waals surface area contributed by atoms with Gasteiger partial charge in [-0.15, -0.1) is 0 Å². The van der Waals surface area contributed by atoms with Gasteiger partial charge in [-0.25, -0.2) is 0 Å². The van der Waals surface area contributed by atoms with Gasteiger partial charge >= 0.3 is 0 Å². The van der Waals surface area contributed by atoms with Crippen LogP contribution in [0.4, 0.5) is 0 Å². The van der Waals surface area contributed by atoms with Crippen LogP contribution in [0, 0.1) is 0 Å². The van der Waals surface area contributed by atoms with Crippen LogP contribution in [0.3, 0.4) is 0 Å². The Morgan fingerprint density at radius 3 is 2.64 bits per heavy atom. The molecule has 2 atom stereocenters. The van der Waals surface area contributed by atoms with E-state index in [4.69, 9.17) is 5.73 Å². The van der Waals surface area contributed by atoms with E-state index in [0.29, 0.717) is 13.0 Å². The molecular formula is C9H16N2O2S. The maximum absolute atomic E-state index is 11.7. The van der Waals surface area contributed by atoms with Crippen molar-refractivity contribution < 1.29 is 9.59 Å². The van der Waals surface area contributed by atoms with E-state index in [9.17, 15) is 9.59 Å². The molecule has 0 bridgehead atoms. The van der Waals surface area contributed by atoms with Crippen molar-refractivity contribution in [1.29, 1.82) is 0 Å². The highest BCUT2D eigenvalue weighted by molar-refractivity contribution is 7.81. The SMILES string of the molecule is CC(S)C(=O)N1CCCCC1C(N)=O. The van der Waals surface area contributed by atoms with E-state index >= 15 is 0 Å². The largest absolute Gasteiger partial charge is 0.368 e. The lowest BCUT2D eigenvalue weighted by atomic mass is 10.0. The van der Waals surface area contributed by atoms with Crippen molar-refractivity contribution in [1.82, 2.24) is 4.90 Å². The van der Waals surface area contributed by atoms with Gasteiger partial charge in [-0.3, -0.25) is 9.59 Å². The molecule has 0 radical (unpaired) electrons. The third-order valence-corrected chi connectivity index (χ3v) is 2.69. The first kappa shape index (κ1) is 11.4. The van der Waals surface area contributed by atoms with Crippen LogP contribution in [-0.2, 0) is 9.59 Å². The molecular weight excluding hydrogens is 200 g/mol. The van der Waals surface area contributed by atoms with Crippen molar-refractivity contribution in [3.8, 4) is 0 Å². The van der Waals surface area contributed by atoms with Gasteiger partial charge < -0.3 is 10.6 Å². The average Bonchev–Trinajstić information content (AvgIpc) is 2.16. The van der Waals surface area contributed by atoms with Crippen LogP contribution < -0.4 is 5.73 Å². The Morgan fingerprint density at radius 1 is 1.50 bits per heavy atom. The molecule has 1 heterocycles. The lowest BCUT2D eigenvalue weighted by molar-refractivity contribution is -0.140. The molecule has 1 fully saturated rings. The normalized spacial score (nSPS) is 24.4. The maximum Gasteiger partial charge on any atom is 0.240 e. The molecule has 0 aromatic heterocycles. The van der Waals surface area contributed by atoms with Crippen molar-refractivity contribution in [3.63, 3.8) is 0 Å². The lowest BCUT2D eigenvalue weighted by Gasteiger charge is -2.34. The minimum absolute atomic E-state index is 0.100. The molecule has 0 aliphatic carbocycles. The lowest BCUT2D eigenvalue weighted by Crippen LogP contribution is -2.52. The highest BCUT2D eigenvalue weighted by Crippen LogP contribution is 2.18. The molecule has 14 heavy (non-hydrogen) atoms. The maximum atomic E-state index is 11.7. The fourth-order valence-corrected chi connectivity index (χ4v) is 1.88. The van der Waals surface area contributed by atoms with Gasteiger partial charge in [0.2, 0.25) is 11.8 Å². The first-order valence-electron chi connectivity index (χ1n) is 4.82. The molecule has 2 unspecified atom stereocenters. The number of nitrogens with zero attached hydrogens (tertiary/aromatic N) is 1. The molecule has 0 aromatic rings. The molecule has 0 saturated carbocycles. The summed E-state index contributed by atoms with van der Waals surface area (Å²) in [4.78, 5) is 24.3. The number of primary amides is 1. The Hall–Kier alpha value is -0.710. The van der Waals surface area contributed by atoms with Gasteiger partial charge in [0.25, 0.3) is 0 Å². The van der Waals surface area contributed by atoms with Crippen LogP contribution in [0.5, 0.6) is 0 Å². The minimum atomic E-state index is -0.425. The zero-order valence-electron chi connectivity index (χ0n) is 8.27. The van der Waals surface area contributed by atoms with Crippen molar-refractivity contribution in [3.05, 3.63) is 0 Å². The summed E-state index contributed by atoms with van der Waals surface area (Å²) >= 11 is 4.07. The molecule has 1 rings (SSSR count). The van der Waals surface area contributed by atoms with Gasteiger partial charge in [-0.05, 0) is 26.2 Å². The zero-order valence-corrected chi connectivity index (χ0v) is 9.17. The third-order valence-electron chi connectivity index (χ3n) is 2.47. The number of piperidine rings is 1. The Balaban J connectivity index is 2.72. The molecule has 1 aliphatic heterocycles. The van der Waals surface area contributed by atoms with Crippen LogP contribution >= 0.6 is 12.6 Å². The van der Waals surface area contributed by atoms with E-state index in [-0.39, 0.29) is 11.2 Å². The quantitative estimate of drug-likeness (QED) is 0.646. The van der Waals surface area contributed by atoms with E-state index < -0.39 is 11.9 Å². The number of likely N-dealkylation sites (tertiary alicyclic amines) is 1. The van der Waals surface area contributed by atoms with Gasteiger partial charge in [0.1, 0.15) is 6.04 Å². The van der Waals surface area contributed by atoms with E-state index in [1.807, 2.05) is 0 Å². The molecule has 0 spiro atoms. The monoisotopic (exact) mass is 216 g/mol. The number of nitrogens with two attached hydrogens (primary N) is 1. The molecule has 1 saturated heterocycles. The first-order chi connectivity index (χ1) is 6.54. The Morgan fingerprint density at radius 2 is 2.14 bits per heavy atom. The van der Waals surface area contributed by atoms with Gasteiger partial charge in [0.05, 0.1) is 5.25 Å². The summed E-state index contributed by atoms with van der Waals surface area (Å²) in [5.41, 5.74) is 5.24. The minimum Gasteiger partial charge on any atom is -0.368 e. The summed E-state index contributed by atoms with van der Waals surface area (Å²) in [6, 6.07) is -0.425. The van der Waals surface area contributed by atoms with Crippen LogP contribution in [0.1, 0.15) is 26.2 Å². The summed E-state index contributed by atoms with van der Waals surface area (Å²) in [6.45, 7) is 2.33. The summed E-state index contributed by atoms with van der Waals surface area (Å²) in [7, 11) is 0.